The zero-order valence-electron chi connectivity index (χ0n) is 26.7. The van der Waals surface area contributed by atoms with E-state index in [4.69, 9.17) is 18.9 Å². The summed E-state index contributed by atoms with van der Waals surface area (Å²) in [6, 6.07) is 9.38. The van der Waals surface area contributed by atoms with Crippen molar-refractivity contribution in [3.63, 3.8) is 0 Å². The number of benzene rings is 2. The molecule has 0 spiro atoms. The average molecular weight is 612 g/mol. The molecule has 3 rings (SSSR count). The van der Waals surface area contributed by atoms with Gasteiger partial charge in [-0.1, -0.05) is 26.0 Å². The van der Waals surface area contributed by atoms with Gasteiger partial charge in [-0.25, -0.2) is 9.59 Å². The Bertz CT molecular complexity index is 1340. The van der Waals surface area contributed by atoms with Gasteiger partial charge in [0, 0.05) is 29.9 Å². The van der Waals surface area contributed by atoms with Gasteiger partial charge < -0.3 is 34.9 Å². The molecular weight excluding hydrogens is 566 g/mol. The first-order valence-electron chi connectivity index (χ1n) is 14.9. The van der Waals surface area contributed by atoms with Crippen molar-refractivity contribution in [2.24, 2.45) is 5.92 Å². The molecule has 2 aromatic rings. The summed E-state index contributed by atoms with van der Waals surface area (Å²) in [5.74, 6) is -0.743. The van der Waals surface area contributed by atoms with Crippen molar-refractivity contribution in [2.45, 2.75) is 71.6 Å². The number of carbonyl (C=O) groups is 4. The van der Waals surface area contributed by atoms with Crippen LogP contribution in [0.2, 0.25) is 0 Å². The summed E-state index contributed by atoms with van der Waals surface area (Å²) in [5.41, 5.74) is 2.18. The summed E-state index contributed by atoms with van der Waals surface area (Å²) in [4.78, 5) is 51.3. The monoisotopic (exact) mass is 611 g/mol. The molecule has 1 heterocycles. The van der Waals surface area contributed by atoms with E-state index in [2.05, 4.69) is 16.0 Å². The van der Waals surface area contributed by atoms with E-state index < -0.39 is 41.6 Å². The maximum atomic E-state index is 13.4. The lowest BCUT2D eigenvalue weighted by molar-refractivity contribution is -0.145. The summed E-state index contributed by atoms with van der Waals surface area (Å²) in [7, 11) is 2.96. The van der Waals surface area contributed by atoms with Crippen LogP contribution in [0.5, 0.6) is 11.5 Å². The van der Waals surface area contributed by atoms with Gasteiger partial charge >= 0.3 is 12.1 Å². The second-order valence-corrected chi connectivity index (χ2v) is 11.8. The highest BCUT2D eigenvalue weighted by molar-refractivity contribution is 5.92. The minimum Gasteiger partial charge on any atom is -0.493 e. The number of hydrogen-bond acceptors (Lipinski definition) is 9. The number of Topliss-reactive ketones (excluding diaryl/α,β-unsaturated/α-hetero) is 1. The van der Waals surface area contributed by atoms with Crippen molar-refractivity contribution in [1.29, 1.82) is 0 Å². The van der Waals surface area contributed by atoms with Gasteiger partial charge in [-0.05, 0) is 69.6 Å². The van der Waals surface area contributed by atoms with Crippen molar-refractivity contribution < 1.29 is 38.1 Å². The molecule has 4 bridgehead atoms. The van der Waals surface area contributed by atoms with Crippen molar-refractivity contribution >= 4 is 23.8 Å². The number of esters is 1. The van der Waals surface area contributed by atoms with Crippen LogP contribution >= 0.6 is 0 Å². The second kappa shape index (κ2) is 15.6. The van der Waals surface area contributed by atoms with Crippen LogP contribution in [0.4, 0.5) is 4.79 Å². The maximum absolute atomic E-state index is 13.4. The molecule has 11 nitrogen and oxygen atoms in total. The number of carbonyl (C=O) groups excluding carboxylic acids is 4. The number of alkyl carbamates (subject to hydrolysis) is 1. The molecule has 2 amide bonds. The summed E-state index contributed by atoms with van der Waals surface area (Å²) in [5, 5.41) is 8.54. The van der Waals surface area contributed by atoms with E-state index in [0.717, 1.165) is 12.0 Å². The van der Waals surface area contributed by atoms with Gasteiger partial charge in [0.25, 0.3) is 0 Å². The zero-order valence-corrected chi connectivity index (χ0v) is 26.7. The van der Waals surface area contributed by atoms with Gasteiger partial charge in [0.05, 0.1) is 26.3 Å². The summed E-state index contributed by atoms with van der Waals surface area (Å²) in [6.45, 7) is 9.85. The predicted octanol–water partition coefficient (Wildman–Crippen LogP) is 4.12. The first kappa shape index (κ1) is 34.4. The molecule has 0 saturated carbocycles. The summed E-state index contributed by atoms with van der Waals surface area (Å²) >= 11 is 0. The fourth-order valence-electron chi connectivity index (χ4n) is 4.86. The fourth-order valence-corrected chi connectivity index (χ4v) is 4.86. The van der Waals surface area contributed by atoms with Crippen LogP contribution in [0, 0.1) is 5.92 Å². The molecule has 0 aromatic heterocycles. The van der Waals surface area contributed by atoms with Crippen LogP contribution in [0.15, 0.2) is 36.4 Å². The lowest BCUT2D eigenvalue weighted by Crippen LogP contribution is -2.45. The Kier molecular flexibility index (Phi) is 12.2. The third-order valence-electron chi connectivity index (χ3n) is 6.97. The highest BCUT2D eigenvalue weighted by Gasteiger charge is 2.30. The Hall–Kier alpha value is -4.12. The number of likely N-dealkylation sites (N-methyl/N-ethyl adjacent to an activating group) is 1. The normalized spacial score (nSPS) is 18.8. The van der Waals surface area contributed by atoms with Gasteiger partial charge in [0.15, 0.2) is 5.78 Å². The lowest BCUT2D eigenvalue weighted by Gasteiger charge is -2.24. The van der Waals surface area contributed by atoms with Crippen molar-refractivity contribution in [3.05, 3.63) is 47.5 Å². The number of hydrogen-bond donors (Lipinski definition) is 3. The van der Waals surface area contributed by atoms with Crippen LogP contribution in [-0.2, 0) is 30.3 Å². The molecule has 11 heteroatoms. The van der Waals surface area contributed by atoms with Crippen LogP contribution in [0.25, 0.3) is 11.1 Å². The van der Waals surface area contributed by atoms with Gasteiger partial charge in [0.1, 0.15) is 29.7 Å². The molecule has 0 aliphatic carbocycles. The van der Waals surface area contributed by atoms with Crippen molar-refractivity contribution in [1.82, 2.24) is 16.0 Å². The quantitative estimate of drug-likeness (QED) is 0.282. The van der Waals surface area contributed by atoms with E-state index >= 15 is 0 Å². The third-order valence-corrected chi connectivity index (χ3v) is 6.97. The standard InChI is InChI=1S/C33H45N3O8/c1-8-14-42-28-12-10-22-19-24(28)23-17-21(9-11-27(23)43-15-13-35-32(40)44-33(3,4)5)18-25(31(39)41-7)36-30(38)20(2)16-26(37)29(22)34-6/h9-12,17,19-20,25,29,34H,8,13-16,18H2,1-7H3,(H,35,40)(H,36,38)/t20-,25+,29+/m1/s1. The number of fused-ring (bicyclic) bond motifs is 5. The first-order chi connectivity index (χ1) is 20.9. The Balaban J connectivity index is 2.10. The molecule has 0 fully saturated rings. The topological polar surface area (TPSA) is 141 Å². The van der Waals surface area contributed by atoms with Crippen LogP contribution in [0.1, 0.15) is 64.6 Å². The maximum Gasteiger partial charge on any atom is 0.407 e. The number of ether oxygens (including phenoxy) is 4. The van der Waals surface area contributed by atoms with E-state index in [1.54, 1.807) is 40.8 Å². The van der Waals surface area contributed by atoms with E-state index in [-0.39, 0.29) is 31.8 Å². The fraction of sp³-hybridized carbons (Fsp3) is 0.515. The molecule has 0 unspecified atom stereocenters. The van der Waals surface area contributed by atoms with Crippen LogP contribution < -0.4 is 25.4 Å². The Morgan fingerprint density at radius 2 is 1.64 bits per heavy atom. The molecule has 3 N–H and O–H groups in total. The molecule has 1 aliphatic heterocycles. The molecular formula is C33H45N3O8. The van der Waals surface area contributed by atoms with E-state index in [9.17, 15) is 19.2 Å². The number of methoxy groups -OCH3 is 1. The van der Waals surface area contributed by atoms with E-state index in [1.165, 1.54) is 7.11 Å². The van der Waals surface area contributed by atoms with Crippen molar-refractivity contribution in [3.8, 4) is 22.6 Å². The smallest absolute Gasteiger partial charge is 0.407 e. The molecule has 1 aliphatic rings. The Morgan fingerprint density at radius 3 is 2.27 bits per heavy atom. The van der Waals surface area contributed by atoms with E-state index in [0.29, 0.717) is 34.8 Å². The molecule has 240 valence electrons. The second-order valence-electron chi connectivity index (χ2n) is 11.8. The number of amides is 2. The number of ketones is 1. The van der Waals surface area contributed by atoms with Crippen molar-refractivity contribution in [2.75, 3.05) is 33.9 Å². The van der Waals surface area contributed by atoms with Gasteiger partial charge in [0.2, 0.25) is 5.91 Å². The van der Waals surface area contributed by atoms with Gasteiger partial charge in [-0.15, -0.1) is 0 Å². The largest absolute Gasteiger partial charge is 0.493 e. The van der Waals surface area contributed by atoms with Gasteiger partial charge in [-0.2, -0.15) is 0 Å². The minimum atomic E-state index is -0.965. The SMILES string of the molecule is CCCOc1ccc2cc1-c1cc(ccc1OCCNC(=O)OC(C)(C)C)C[C@@H](C(=O)OC)NC(=O)[C@H](C)CC(=O)[C@H]2NC. The molecule has 2 aromatic carbocycles. The predicted molar refractivity (Wildman–Crippen MR) is 166 cm³/mol. The van der Waals surface area contributed by atoms with E-state index in [1.807, 2.05) is 37.3 Å². The number of rotatable bonds is 9. The van der Waals surface area contributed by atoms with Crippen LogP contribution in [-0.4, -0.2) is 69.3 Å². The molecule has 3 atom stereocenters. The number of nitrogens with one attached hydrogen (secondary N) is 3. The molecule has 0 radical (unpaired) electrons. The molecule has 0 saturated heterocycles. The zero-order chi connectivity index (χ0) is 32.4. The third kappa shape index (κ3) is 9.44. The lowest BCUT2D eigenvalue weighted by atomic mass is 9.90. The Morgan fingerprint density at radius 1 is 0.977 bits per heavy atom. The van der Waals surface area contributed by atoms with Gasteiger partial charge in [-0.3, -0.25) is 9.59 Å². The summed E-state index contributed by atoms with van der Waals surface area (Å²) in [6.07, 6.45) is 0.362. The Labute approximate surface area is 259 Å². The minimum absolute atomic E-state index is 0.0288. The van der Waals surface area contributed by atoms with Crippen LogP contribution in [0.3, 0.4) is 0 Å². The average Bonchev–Trinajstić information content (AvgIpc) is 2.97. The summed E-state index contributed by atoms with van der Waals surface area (Å²) < 4.78 is 22.6. The highest BCUT2D eigenvalue weighted by Crippen LogP contribution is 2.39. The molecule has 44 heavy (non-hydrogen) atoms. The first-order valence-corrected chi connectivity index (χ1v) is 14.9. The highest BCUT2D eigenvalue weighted by atomic mass is 16.6.